The third-order valence-corrected chi connectivity index (χ3v) is 2.17. The van der Waals surface area contributed by atoms with Crippen molar-refractivity contribution in [2.75, 3.05) is 13.6 Å². The summed E-state index contributed by atoms with van der Waals surface area (Å²) in [5.41, 5.74) is 0.873. The highest BCUT2D eigenvalue weighted by Gasteiger charge is 2.09. The van der Waals surface area contributed by atoms with E-state index >= 15 is 0 Å². The lowest BCUT2D eigenvalue weighted by Gasteiger charge is -2.15. The van der Waals surface area contributed by atoms with Crippen LogP contribution in [0.5, 0.6) is 0 Å². The summed E-state index contributed by atoms with van der Waals surface area (Å²) in [5, 5.41) is 0. The van der Waals surface area contributed by atoms with Gasteiger partial charge in [0.2, 0.25) is 5.91 Å². The maximum Gasteiger partial charge on any atom is 0.228 e. The highest BCUT2D eigenvalue weighted by atomic mass is 16.2. The van der Waals surface area contributed by atoms with E-state index in [4.69, 9.17) is 0 Å². The molecule has 0 unspecified atom stereocenters. The van der Waals surface area contributed by atoms with Crippen LogP contribution in [-0.2, 0) is 11.2 Å². The summed E-state index contributed by atoms with van der Waals surface area (Å²) < 4.78 is 0. The Labute approximate surface area is 84.3 Å². The zero-order valence-electron chi connectivity index (χ0n) is 8.79. The molecular weight excluding hydrogens is 178 g/mol. The third-order valence-electron chi connectivity index (χ3n) is 2.17. The SMILES string of the molecule is CCCCN(C)C(=O)Cc1cnc[nH]1. The fourth-order valence-electron chi connectivity index (χ4n) is 1.20. The maximum atomic E-state index is 11.6. The van der Waals surface area contributed by atoms with Gasteiger partial charge in [0.25, 0.3) is 0 Å². The number of carbonyl (C=O) groups excluding carboxylic acids is 1. The minimum absolute atomic E-state index is 0.141. The topological polar surface area (TPSA) is 49.0 Å². The number of amides is 1. The number of carbonyl (C=O) groups is 1. The molecule has 0 aliphatic heterocycles. The second kappa shape index (κ2) is 5.42. The van der Waals surface area contributed by atoms with Crippen molar-refractivity contribution in [1.29, 1.82) is 0 Å². The van der Waals surface area contributed by atoms with Crippen LogP contribution in [0.25, 0.3) is 0 Å². The second-order valence-corrected chi connectivity index (χ2v) is 3.42. The Balaban J connectivity index is 2.34. The number of H-pyrrole nitrogens is 1. The molecule has 14 heavy (non-hydrogen) atoms. The molecule has 0 aliphatic rings. The molecule has 1 N–H and O–H groups in total. The first-order chi connectivity index (χ1) is 6.74. The quantitative estimate of drug-likeness (QED) is 0.767. The van der Waals surface area contributed by atoms with Crippen LogP contribution in [0.3, 0.4) is 0 Å². The molecule has 0 fully saturated rings. The van der Waals surface area contributed by atoms with Crippen LogP contribution < -0.4 is 0 Å². The van der Waals surface area contributed by atoms with Crippen LogP contribution in [0.2, 0.25) is 0 Å². The summed E-state index contributed by atoms with van der Waals surface area (Å²) in [6, 6.07) is 0. The van der Waals surface area contributed by atoms with Crippen LogP contribution >= 0.6 is 0 Å². The lowest BCUT2D eigenvalue weighted by Crippen LogP contribution is -2.29. The molecule has 1 aromatic heterocycles. The number of aromatic amines is 1. The first kappa shape index (κ1) is 10.8. The minimum Gasteiger partial charge on any atom is -0.348 e. The number of hydrogen-bond acceptors (Lipinski definition) is 2. The predicted molar refractivity (Wildman–Crippen MR) is 54.8 cm³/mol. The van der Waals surface area contributed by atoms with Gasteiger partial charge in [0, 0.05) is 25.5 Å². The summed E-state index contributed by atoms with van der Waals surface area (Å²) >= 11 is 0. The van der Waals surface area contributed by atoms with Crippen molar-refractivity contribution in [3.8, 4) is 0 Å². The summed E-state index contributed by atoms with van der Waals surface area (Å²) in [6.45, 7) is 2.96. The van der Waals surface area contributed by atoms with E-state index in [1.807, 2.05) is 7.05 Å². The molecule has 78 valence electrons. The Bertz CT molecular complexity index is 269. The fourth-order valence-corrected chi connectivity index (χ4v) is 1.20. The number of nitrogens with zero attached hydrogens (tertiary/aromatic N) is 2. The summed E-state index contributed by atoms with van der Waals surface area (Å²) in [4.78, 5) is 20.2. The first-order valence-corrected chi connectivity index (χ1v) is 4.95. The highest BCUT2D eigenvalue weighted by Crippen LogP contribution is 1.98. The van der Waals surface area contributed by atoms with E-state index in [2.05, 4.69) is 16.9 Å². The minimum atomic E-state index is 0.141. The van der Waals surface area contributed by atoms with Gasteiger partial charge in [0.15, 0.2) is 0 Å². The number of likely N-dealkylation sites (N-methyl/N-ethyl adjacent to an activating group) is 1. The van der Waals surface area contributed by atoms with Crippen molar-refractivity contribution in [3.63, 3.8) is 0 Å². The van der Waals surface area contributed by atoms with Crippen molar-refractivity contribution in [3.05, 3.63) is 18.2 Å². The van der Waals surface area contributed by atoms with Crippen LogP contribution in [0.1, 0.15) is 25.5 Å². The lowest BCUT2D eigenvalue weighted by atomic mass is 10.2. The predicted octanol–water partition coefficient (Wildman–Crippen LogP) is 1.21. The zero-order valence-corrected chi connectivity index (χ0v) is 8.79. The highest BCUT2D eigenvalue weighted by molar-refractivity contribution is 5.77. The Morgan fingerprint density at radius 2 is 2.43 bits per heavy atom. The molecule has 0 aromatic carbocycles. The van der Waals surface area contributed by atoms with E-state index in [0.29, 0.717) is 6.42 Å². The molecule has 4 heteroatoms. The average molecular weight is 195 g/mol. The molecule has 1 aromatic rings. The molecule has 0 saturated carbocycles. The van der Waals surface area contributed by atoms with Gasteiger partial charge in [0.1, 0.15) is 0 Å². The van der Waals surface area contributed by atoms with Gasteiger partial charge in [-0.25, -0.2) is 4.98 Å². The Morgan fingerprint density at radius 3 is 3.00 bits per heavy atom. The maximum absolute atomic E-state index is 11.6. The van der Waals surface area contributed by atoms with Gasteiger partial charge in [-0.15, -0.1) is 0 Å². The van der Waals surface area contributed by atoms with Crippen LogP contribution in [0.4, 0.5) is 0 Å². The first-order valence-electron chi connectivity index (χ1n) is 4.95. The van der Waals surface area contributed by atoms with E-state index in [9.17, 15) is 4.79 Å². The van der Waals surface area contributed by atoms with E-state index < -0.39 is 0 Å². The van der Waals surface area contributed by atoms with E-state index in [-0.39, 0.29) is 5.91 Å². The molecular formula is C10H17N3O. The number of nitrogens with one attached hydrogen (secondary N) is 1. The van der Waals surface area contributed by atoms with Gasteiger partial charge in [-0.05, 0) is 6.42 Å². The molecule has 1 heterocycles. The van der Waals surface area contributed by atoms with Gasteiger partial charge in [-0.3, -0.25) is 4.79 Å². The molecule has 0 saturated heterocycles. The second-order valence-electron chi connectivity index (χ2n) is 3.42. The molecule has 0 bridgehead atoms. The monoisotopic (exact) mass is 195 g/mol. The van der Waals surface area contributed by atoms with E-state index in [1.54, 1.807) is 17.4 Å². The van der Waals surface area contributed by atoms with Crippen LogP contribution in [0, 0.1) is 0 Å². The Hall–Kier alpha value is -1.32. The van der Waals surface area contributed by atoms with Gasteiger partial charge >= 0.3 is 0 Å². The van der Waals surface area contributed by atoms with Crippen molar-refractivity contribution >= 4 is 5.91 Å². The number of hydrogen-bond donors (Lipinski definition) is 1. The fraction of sp³-hybridized carbons (Fsp3) is 0.600. The molecule has 4 nitrogen and oxygen atoms in total. The van der Waals surface area contributed by atoms with Crippen LogP contribution in [-0.4, -0.2) is 34.4 Å². The number of unbranched alkanes of at least 4 members (excludes halogenated alkanes) is 1. The van der Waals surface area contributed by atoms with E-state index in [1.165, 1.54) is 0 Å². The molecule has 0 aliphatic carbocycles. The molecule has 0 spiro atoms. The van der Waals surface area contributed by atoms with Gasteiger partial charge < -0.3 is 9.88 Å². The Morgan fingerprint density at radius 1 is 1.64 bits per heavy atom. The smallest absolute Gasteiger partial charge is 0.228 e. The molecule has 0 atom stereocenters. The van der Waals surface area contributed by atoms with Gasteiger partial charge in [-0.2, -0.15) is 0 Å². The van der Waals surface area contributed by atoms with Crippen molar-refractivity contribution in [2.24, 2.45) is 0 Å². The third kappa shape index (κ3) is 3.20. The van der Waals surface area contributed by atoms with Crippen molar-refractivity contribution in [2.45, 2.75) is 26.2 Å². The van der Waals surface area contributed by atoms with Gasteiger partial charge in [-0.1, -0.05) is 13.3 Å². The summed E-state index contributed by atoms with van der Waals surface area (Å²) in [7, 11) is 1.84. The number of rotatable bonds is 5. The normalized spacial score (nSPS) is 10.1. The Kier molecular flexibility index (Phi) is 4.16. The number of imidazole rings is 1. The molecule has 0 radical (unpaired) electrons. The van der Waals surface area contributed by atoms with Gasteiger partial charge in [0.05, 0.1) is 12.7 Å². The summed E-state index contributed by atoms with van der Waals surface area (Å²) in [5.74, 6) is 0.141. The average Bonchev–Trinajstić information content (AvgIpc) is 2.66. The van der Waals surface area contributed by atoms with Crippen molar-refractivity contribution < 1.29 is 4.79 Å². The van der Waals surface area contributed by atoms with Crippen molar-refractivity contribution in [1.82, 2.24) is 14.9 Å². The van der Waals surface area contributed by atoms with Crippen LogP contribution in [0.15, 0.2) is 12.5 Å². The largest absolute Gasteiger partial charge is 0.348 e. The summed E-state index contributed by atoms with van der Waals surface area (Å²) in [6.07, 6.45) is 5.87. The standard InChI is InChI=1S/C10H17N3O/c1-3-4-5-13(2)10(14)6-9-7-11-8-12-9/h7-8H,3-6H2,1-2H3,(H,11,12). The number of aromatic nitrogens is 2. The van der Waals surface area contributed by atoms with E-state index in [0.717, 1.165) is 25.1 Å². The molecule has 1 rings (SSSR count). The lowest BCUT2D eigenvalue weighted by molar-refractivity contribution is -0.129. The molecule has 1 amide bonds. The zero-order chi connectivity index (χ0) is 10.4.